The first-order chi connectivity index (χ1) is 16.0. The number of piperidine rings is 1. The monoisotopic (exact) mass is 457 g/mol. The van der Waals surface area contributed by atoms with Crippen LogP contribution in [0.3, 0.4) is 0 Å². The van der Waals surface area contributed by atoms with Crippen molar-refractivity contribution in [1.82, 2.24) is 9.47 Å². The lowest BCUT2D eigenvalue weighted by Crippen LogP contribution is -2.38. The van der Waals surface area contributed by atoms with Gasteiger partial charge in [-0.3, -0.25) is 9.69 Å². The average molecular weight is 457 g/mol. The summed E-state index contributed by atoms with van der Waals surface area (Å²) >= 11 is 0. The molecule has 0 radical (unpaired) electrons. The van der Waals surface area contributed by atoms with E-state index in [1.54, 1.807) is 19.2 Å². The predicted octanol–water partition coefficient (Wildman–Crippen LogP) is 3.95. The summed E-state index contributed by atoms with van der Waals surface area (Å²) in [7, 11) is 1.62. The third kappa shape index (κ3) is 4.45. The molecule has 33 heavy (non-hydrogen) atoms. The van der Waals surface area contributed by atoms with Crippen LogP contribution in [0.2, 0.25) is 0 Å². The number of nitrogens with one attached hydrogen (secondary N) is 1. The lowest BCUT2D eigenvalue weighted by Gasteiger charge is -2.33. The normalized spacial score (nSPS) is 16.5. The first-order valence-corrected chi connectivity index (χ1v) is 10.9. The van der Waals surface area contributed by atoms with Crippen LogP contribution in [0, 0.1) is 0 Å². The molecule has 0 spiro atoms. The van der Waals surface area contributed by atoms with Crippen LogP contribution in [0.15, 0.2) is 47.3 Å². The molecule has 0 atom stereocenters. The number of ether oxygens (including phenoxy) is 3. The standard InChI is InChI=1S/C24H25F2N3O4/c1-28-18-3-2-4-20(33-24(25)26)23(18)17(12-22(28)30)27-16-7-9-29(10-8-16)13-15-5-6-19-21(11-15)32-14-31-19/h2-6,11-12,16,24,27H,7-10,13-14H2,1H3. The number of anilines is 1. The summed E-state index contributed by atoms with van der Waals surface area (Å²) in [5.74, 6) is 1.61. The van der Waals surface area contributed by atoms with E-state index < -0.39 is 6.61 Å². The number of alkyl halides is 2. The minimum Gasteiger partial charge on any atom is -0.454 e. The second-order valence-corrected chi connectivity index (χ2v) is 8.37. The van der Waals surface area contributed by atoms with Gasteiger partial charge in [0.25, 0.3) is 5.56 Å². The number of benzene rings is 2. The molecule has 0 bridgehead atoms. The zero-order chi connectivity index (χ0) is 22.9. The highest BCUT2D eigenvalue weighted by Crippen LogP contribution is 2.34. The highest BCUT2D eigenvalue weighted by molar-refractivity contribution is 5.96. The fraction of sp³-hybridized carbons (Fsp3) is 0.375. The van der Waals surface area contributed by atoms with Crippen molar-refractivity contribution < 1.29 is 23.0 Å². The maximum Gasteiger partial charge on any atom is 0.387 e. The lowest BCUT2D eigenvalue weighted by molar-refractivity contribution is -0.0487. The number of aromatic nitrogens is 1. The van der Waals surface area contributed by atoms with Crippen molar-refractivity contribution in [3.05, 3.63) is 58.4 Å². The average Bonchev–Trinajstić information content (AvgIpc) is 3.26. The zero-order valence-corrected chi connectivity index (χ0v) is 18.2. The number of hydrogen-bond acceptors (Lipinski definition) is 6. The topological polar surface area (TPSA) is 65.0 Å². The second kappa shape index (κ2) is 8.90. The predicted molar refractivity (Wildman–Crippen MR) is 120 cm³/mol. The van der Waals surface area contributed by atoms with Gasteiger partial charge in [0, 0.05) is 38.8 Å². The fourth-order valence-corrected chi connectivity index (χ4v) is 4.54. The number of nitrogens with zero attached hydrogens (tertiary/aromatic N) is 2. The Labute approximate surface area is 189 Å². The Hall–Kier alpha value is -3.33. The summed E-state index contributed by atoms with van der Waals surface area (Å²) in [5.41, 5.74) is 2.03. The van der Waals surface area contributed by atoms with Crippen LogP contribution in [0.1, 0.15) is 18.4 Å². The number of likely N-dealkylation sites (tertiary alicyclic amines) is 1. The molecule has 7 nitrogen and oxygen atoms in total. The Morgan fingerprint density at radius 2 is 1.91 bits per heavy atom. The van der Waals surface area contributed by atoms with Crippen molar-refractivity contribution in [2.45, 2.75) is 32.0 Å². The number of fused-ring (bicyclic) bond motifs is 2. The van der Waals surface area contributed by atoms with Crippen LogP contribution in [0.25, 0.3) is 10.9 Å². The maximum absolute atomic E-state index is 13.0. The fourth-order valence-electron chi connectivity index (χ4n) is 4.54. The number of pyridine rings is 1. The van der Waals surface area contributed by atoms with E-state index in [1.165, 1.54) is 16.7 Å². The van der Waals surface area contributed by atoms with Crippen molar-refractivity contribution in [2.75, 3.05) is 25.2 Å². The van der Waals surface area contributed by atoms with Gasteiger partial charge in [0.15, 0.2) is 11.5 Å². The number of hydrogen-bond donors (Lipinski definition) is 1. The van der Waals surface area contributed by atoms with Crippen LogP contribution in [-0.2, 0) is 13.6 Å². The molecule has 3 aromatic rings. The largest absolute Gasteiger partial charge is 0.454 e. The third-order valence-corrected chi connectivity index (χ3v) is 6.24. The van der Waals surface area contributed by atoms with E-state index >= 15 is 0 Å². The summed E-state index contributed by atoms with van der Waals surface area (Å²) in [6.07, 6.45) is 1.72. The Balaban J connectivity index is 1.30. The van der Waals surface area contributed by atoms with Crippen LogP contribution in [0.5, 0.6) is 17.2 Å². The molecule has 1 fully saturated rings. The highest BCUT2D eigenvalue weighted by Gasteiger charge is 2.22. The maximum atomic E-state index is 13.0. The SMILES string of the molecule is Cn1c(=O)cc(NC2CCN(Cc3ccc4c(c3)OCO4)CC2)c2c(OC(F)F)cccc21. The molecule has 1 aromatic heterocycles. The van der Waals surface area contributed by atoms with Crippen LogP contribution >= 0.6 is 0 Å². The van der Waals surface area contributed by atoms with Gasteiger partial charge in [0.05, 0.1) is 16.6 Å². The lowest BCUT2D eigenvalue weighted by atomic mass is 10.0. The van der Waals surface area contributed by atoms with Crippen molar-refractivity contribution >= 4 is 16.6 Å². The quantitative estimate of drug-likeness (QED) is 0.605. The van der Waals surface area contributed by atoms with Gasteiger partial charge in [-0.2, -0.15) is 8.78 Å². The summed E-state index contributed by atoms with van der Waals surface area (Å²) in [5, 5.41) is 3.91. The van der Waals surface area contributed by atoms with Gasteiger partial charge in [-0.05, 0) is 42.7 Å². The van der Waals surface area contributed by atoms with Gasteiger partial charge in [0.1, 0.15) is 5.75 Å². The van der Waals surface area contributed by atoms with Crippen LogP contribution in [0.4, 0.5) is 14.5 Å². The van der Waals surface area contributed by atoms with Crippen molar-refractivity contribution in [3.8, 4) is 17.2 Å². The molecule has 9 heteroatoms. The summed E-state index contributed by atoms with van der Waals surface area (Å²) in [4.78, 5) is 14.8. The van der Waals surface area contributed by atoms with E-state index in [2.05, 4.69) is 10.2 Å². The van der Waals surface area contributed by atoms with E-state index in [9.17, 15) is 13.6 Å². The van der Waals surface area contributed by atoms with Gasteiger partial charge in [-0.25, -0.2) is 0 Å². The molecule has 3 heterocycles. The van der Waals surface area contributed by atoms with Gasteiger partial charge < -0.3 is 24.1 Å². The molecule has 0 aliphatic carbocycles. The summed E-state index contributed by atoms with van der Waals surface area (Å²) < 4.78 is 43.0. The third-order valence-electron chi connectivity index (χ3n) is 6.24. The second-order valence-electron chi connectivity index (χ2n) is 8.37. The highest BCUT2D eigenvalue weighted by atomic mass is 19.3. The Kier molecular flexibility index (Phi) is 5.80. The molecule has 2 aromatic carbocycles. The molecular formula is C24H25F2N3O4. The first kappa shape index (κ1) is 21.5. The van der Waals surface area contributed by atoms with Gasteiger partial charge in [-0.15, -0.1) is 0 Å². The molecule has 2 aliphatic rings. The van der Waals surface area contributed by atoms with Crippen LogP contribution < -0.4 is 25.1 Å². The van der Waals surface area contributed by atoms with E-state index in [0.717, 1.165) is 49.5 Å². The molecule has 0 unspecified atom stereocenters. The minimum atomic E-state index is -2.94. The number of halogens is 2. The molecular weight excluding hydrogens is 432 g/mol. The van der Waals surface area contributed by atoms with Crippen molar-refractivity contribution in [3.63, 3.8) is 0 Å². The van der Waals surface area contributed by atoms with E-state index in [1.807, 2.05) is 18.2 Å². The Morgan fingerprint density at radius 1 is 1.12 bits per heavy atom. The van der Waals surface area contributed by atoms with Crippen molar-refractivity contribution in [1.29, 1.82) is 0 Å². The summed E-state index contributed by atoms with van der Waals surface area (Å²) in [6, 6.07) is 12.4. The number of aryl methyl sites for hydroxylation is 1. The van der Waals surface area contributed by atoms with Crippen molar-refractivity contribution in [2.24, 2.45) is 7.05 Å². The van der Waals surface area contributed by atoms with E-state index in [-0.39, 0.29) is 24.1 Å². The Bertz CT molecular complexity index is 1220. The minimum absolute atomic E-state index is 0.0563. The smallest absolute Gasteiger partial charge is 0.387 e. The molecule has 2 aliphatic heterocycles. The molecule has 5 rings (SSSR count). The number of rotatable bonds is 6. The first-order valence-electron chi connectivity index (χ1n) is 10.9. The molecule has 1 N–H and O–H groups in total. The van der Waals surface area contributed by atoms with E-state index in [4.69, 9.17) is 14.2 Å². The molecule has 174 valence electrons. The van der Waals surface area contributed by atoms with E-state index in [0.29, 0.717) is 16.6 Å². The Morgan fingerprint density at radius 3 is 2.70 bits per heavy atom. The van der Waals surface area contributed by atoms with Gasteiger partial charge in [-0.1, -0.05) is 12.1 Å². The molecule has 1 saturated heterocycles. The van der Waals surface area contributed by atoms with Gasteiger partial charge in [0.2, 0.25) is 6.79 Å². The summed E-state index contributed by atoms with van der Waals surface area (Å²) in [6.45, 7) is -0.133. The molecule has 0 saturated carbocycles. The van der Waals surface area contributed by atoms with Gasteiger partial charge >= 0.3 is 6.61 Å². The molecule has 0 amide bonds. The zero-order valence-electron chi connectivity index (χ0n) is 18.2. The van der Waals surface area contributed by atoms with Crippen LogP contribution in [-0.4, -0.2) is 42.0 Å².